The van der Waals surface area contributed by atoms with Gasteiger partial charge in [-0.15, -0.1) is 11.8 Å². The van der Waals surface area contributed by atoms with E-state index in [9.17, 15) is 9.59 Å². The first-order valence-electron chi connectivity index (χ1n) is 10.1. The molecule has 2 heterocycles. The summed E-state index contributed by atoms with van der Waals surface area (Å²) in [6, 6.07) is 20.0. The molecule has 0 spiro atoms. The molecule has 0 saturated heterocycles. The molecule has 5 nitrogen and oxygen atoms in total. The minimum atomic E-state index is -0.325. The first-order valence-corrected chi connectivity index (χ1v) is 11.1. The van der Waals surface area contributed by atoms with E-state index < -0.39 is 0 Å². The average molecular weight is 434 g/mol. The van der Waals surface area contributed by atoms with E-state index in [-0.39, 0.29) is 11.8 Å². The zero-order chi connectivity index (χ0) is 21.8. The topological polar surface area (TPSA) is 59.8 Å². The molecule has 158 valence electrons. The van der Waals surface area contributed by atoms with Crippen LogP contribution in [-0.2, 0) is 15.3 Å². The Balaban J connectivity index is 1.63. The van der Waals surface area contributed by atoms with E-state index in [1.54, 1.807) is 36.6 Å². The van der Waals surface area contributed by atoms with Crippen molar-refractivity contribution < 1.29 is 18.7 Å². The Morgan fingerprint density at radius 3 is 2.32 bits per heavy atom. The van der Waals surface area contributed by atoms with Crippen LogP contribution in [0.25, 0.3) is 5.57 Å². The summed E-state index contributed by atoms with van der Waals surface area (Å²) in [4.78, 5) is 28.4. The van der Waals surface area contributed by atoms with Crippen LogP contribution in [0.15, 0.2) is 82.3 Å². The molecule has 0 atom stereocenters. The molecule has 6 heteroatoms. The second-order valence-electron chi connectivity index (χ2n) is 7.58. The number of thioether (sulfide) groups is 1. The van der Waals surface area contributed by atoms with E-state index in [1.807, 2.05) is 36.4 Å². The molecule has 0 aliphatic carbocycles. The number of imide groups is 1. The highest BCUT2D eigenvalue weighted by Gasteiger charge is 2.40. The van der Waals surface area contributed by atoms with Gasteiger partial charge in [0.1, 0.15) is 11.5 Å². The summed E-state index contributed by atoms with van der Waals surface area (Å²) < 4.78 is 11.1. The van der Waals surface area contributed by atoms with Crippen LogP contribution in [-0.4, -0.2) is 18.4 Å². The van der Waals surface area contributed by atoms with Gasteiger partial charge in [-0.2, -0.15) is 0 Å². The van der Waals surface area contributed by atoms with E-state index in [4.69, 9.17) is 9.15 Å². The zero-order valence-electron chi connectivity index (χ0n) is 17.4. The number of benzene rings is 2. The van der Waals surface area contributed by atoms with E-state index in [0.29, 0.717) is 40.2 Å². The van der Waals surface area contributed by atoms with Crippen LogP contribution in [0.5, 0.6) is 5.75 Å². The molecule has 2 amide bonds. The Labute approximate surface area is 185 Å². The predicted octanol–water partition coefficient (Wildman–Crippen LogP) is 5.53. The third-order valence-electron chi connectivity index (χ3n) is 4.72. The van der Waals surface area contributed by atoms with Gasteiger partial charge in [-0.1, -0.05) is 44.2 Å². The Morgan fingerprint density at radius 2 is 1.68 bits per heavy atom. The Kier molecular flexibility index (Phi) is 6.28. The van der Waals surface area contributed by atoms with E-state index in [2.05, 4.69) is 13.8 Å². The van der Waals surface area contributed by atoms with Crippen LogP contribution >= 0.6 is 11.8 Å². The summed E-state index contributed by atoms with van der Waals surface area (Å²) in [6.07, 6.45) is 1.60. The summed E-state index contributed by atoms with van der Waals surface area (Å²) in [6.45, 7) is 4.76. The van der Waals surface area contributed by atoms with Gasteiger partial charge in [-0.3, -0.25) is 9.59 Å². The van der Waals surface area contributed by atoms with Crippen molar-refractivity contribution in [3.05, 3.63) is 89.2 Å². The number of hydrogen-bond donors (Lipinski definition) is 0. The summed E-state index contributed by atoms with van der Waals surface area (Å²) in [7, 11) is 0. The number of nitrogens with zero attached hydrogens (tertiary/aromatic N) is 1. The number of furan rings is 1. The van der Waals surface area contributed by atoms with E-state index in [1.165, 1.54) is 16.7 Å². The lowest BCUT2D eigenvalue weighted by Gasteiger charge is -2.16. The molecule has 31 heavy (non-hydrogen) atoms. The first kappa shape index (κ1) is 21.0. The Bertz CT molecular complexity index is 1090. The number of hydrogen-bond acceptors (Lipinski definition) is 5. The minimum Gasteiger partial charge on any atom is -0.493 e. The number of ether oxygens (including phenoxy) is 1. The van der Waals surface area contributed by atoms with Gasteiger partial charge in [-0.05, 0) is 47.9 Å². The summed E-state index contributed by atoms with van der Waals surface area (Å²) in [5, 5.41) is 0. The lowest BCUT2D eigenvalue weighted by Crippen LogP contribution is -2.31. The molecule has 1 aliphatic heterocycles. The van der Waals surface area contributed by atoms with Crippen LogP contribution in [0.4, 0.5) is 5.69 Å². The molecular formula is C25H23NO4S. The van der Waals surface area contributed by atoms with Gasteiger partial charge in [0.05, 0.1) is 34.8 Å². The number of anilines is 1. The van der Waals surface area contributed by atoms with Crippen molar-refractivity contribution in [1.29, 1.82) is 0 Å². The van der Waals surface area contributed by atoms with Crippen molar-refractivity contribution in [2.24, 2.45) is 5.92 Å². The number of carbonyl (C=O) groups excluding carboxylic acids is 2. The average Bonchev–Trinajstić information content (AvgIpc) is 3.38. The summed E-state index contributed by atoms with van der Waals surface area (Å²) in [5.74, 6) is 1.68. The van der Waals surface area contributed by atoms with Gasteiger partial charge < -0.3 is 9.15 Å². The monoisotopic (exact) mass is 433 g/mol. The fourth-order valence-corrected chi connectivity index (χ4v) is 4.24. The molecule has 0 radical (unpaired) electrons. The van der Waals surface area contributed by atoms with Crippen molar-refractivity contribution in [3.63, 3.8) is 0 Å². The summed E-state index contributed by atoms with van der Waals surface area (Å²) >= 11 is 1.32. The molecule has 0 N–H and O–H groups in total. The minimum absolute atomic E-state index is 0.323. The molecular weight excluding hydrogens is 410 g/mol. The van der Waals surface area contributed by atoms with Crippen LogP contribution < -0.4 is 9.64 Å². The molecule has 3 aromatic rings. The van der Waals surface area contributed by atoms with Crippen molar-refractivity contribution in [3.8, 4) is 5.75 Å². The Morgan fingerprint density at radius 1 is 0.935 bits per heavy atom. The maximum atomic E-state index is 13.4. The highest BCUT2D eigenvalue weighted by atomic mass is 32.2. The zero-order valence-corrected chi connectivity index (χ0v) is 18.2. The van der Waals surface area contributed by atoms with Crippen LogP contribution in [0.3, 0.4) is 0 Å². The third-order valence-corrected chi connectivity index (χ3v) is 5.82. The first-order chi connectivity index (χ1) is 15.0. The van der Waals surface area contributed by atoms with Gasteiger partial charge in [0, 0.05) is 0 Å². The van der Waals surface area contributed by atoms with Crippen molar-refractivity contribution in [2.45, 2.75) is 19.6 Å². The van der Waals surface area contributed by atoms with Gasteiger partial charge in [0.15, 0.2) is 0 Å². The van der Waals surface area contributed by atoms with E-state index >= 15 is 0 Å². The number of amides is 2. The normalized spacial score (nSPS) is 14.1. The van der Waals surface area contributed by atoms with Crippen LogP contribution in [0, 0.1) is 5.92 Å². The number of carbonyl (C=O) groups is 2. The second-order valence-corrected chi connectivity index (χ2v) is 8.57. The molecule has 0 saturated carbocycles. The van der Waals surface area contributed by atoms with Gasteiger partial charge in [0.2, 0.25) is 0 Å². The smallest absolute Gasteiger partial charge is 0.272 e. The lowest BCUT2D eigenvalue weighted by molar-refractivity contribution is -0.119. The molecule has 0 fully saturated rings. The largest absolute Gasteiger partial charge is 0.493 e. The van der Waals surface area contributed by atoms with Gasteiger partial charge in [0.25, 0.3) is 11.8 Å². The van der Waals surface area contributed by atoms with Gasteiger partial charge >= 0.3 is 0 Å². The van der Waals surface area contributed by atoms with Crippen molar-refractivity contribution >= 4 is 34.8 Å². The standard InChI is InChI=1S/C25H23NO4S/c1-17(2)15-30-20-12-10-19(11-13-20)26-24(27)22(18-7-4-3-5-8-18)23(25(26)28)31-16-21-9-6-14-29-21/h3-14,17H,15-16H2,1-2H3. The highest BCUT2D eigenvalue weighted by molar-refractivity contribution is 8.03. The van der Waals surface area contributed by atoms with Crippen molar-refractivity contribution in [2.75, 3.05) is 11.5 Å². The molecule has 0 bridgehead atoms. The fourth-order valence-electron chi connectivity index (χ4n) is 3.23. The lowest BCUT2D eigenvalue weighted by atomic mass is 10.1. The van der Waals surface area contributed by atoms with Crippen LogP contribution in [0.1, 0.15) is 25.2 Å². The molecule has 1 aliphatic rings. The molecule has 1 aromatic heterocycles. The third kappa shape index (κ3) is 4.59. The molecule has 4 rings (SSSR count). The van der Waals surface area contributed by atoms with Crippen LogP contribution in [0.2, 0.25) is 0 Å². The van der Waals surface area contributed by atoms with Gasteiger partial charge in [-0.25, -0.2) is 4.90 Å². The maximum absolute atomic E-state index is 13.4. The SMILES string of the molecule is CC(C)COc1ccc(N2C(=O)C(SCc3ccco3)=C(c3ccccc3)C2=O)cc1. The quantitative estimate of drug-likeness (QED) is 0.437. The van der Waals surface area contributed by atoms with E-state index in [0.717, 1.165) is 11.3 Å². The van der Waals surface area contributed by atoms with Crippen molar-refractivity contribution in [1.82, 2.24) is 0 Å². The molecule has 0 unspecified atom stereocenters. The number of rotatable bonds is 8. The molecule has 2 aromatic carbocycles. The predicted molar refractivity (Wildman–Crippen MR) is 123 cm³/mol. The Hall–Kier alpha value is -3.25. The summed E-state index contributed by atoms with van der Waals surface area (Å²) in [5.41, 5.74) is 1.67. The fraction of sp³-hybridized carbons (Fsp3) is 0.200. The maximum Gasteiger partial charge on any atom is 0.272 e. The second kappa shape index (κ2) is 9.27. The highest BCUT2D eigenvalue weighted by Crippen LogP contribution is 2.39.